The molecular formula is C17H20N4O. The van der Waals surface area contributed by atoms with E-state index in [0.717, 1.165) is 38.3 Å². The molecule has 5 heteroatoms. The number of likely N-dealkylation sites (N-methyl/N-ethyl adjacent to an activating group) is 1. The average molecular weight is 296 g/mol. The summed E-state index contributed by atoms with van der Waals surface area (Å²) >= 11 is 0. The summed E-state index contributed by atoms with van der Waals surface area (Å²) in [6.45, 7) is 6.61. The van der Waals surface area contributed by atoms with Gasteiger partial charge in [-0.1, -0.05) is 25.1 Å². The Morgan fingerprint density at radius 2 is 1.73 bits per heavy atom. The van der Waals surface area contributed by atoms with E-state index in [4.69, 9.17) is 0 Å². The highest BCUT2D eigenvalue weighted by Crippen LogP contribution is 2.21. The van der Waals surface area contributed by atoms with Crippen LogP contribution in [0.3, 0.4) is 0 Å². The number of hydrogen-bond acceptors (Lipinski definition) is 4. The second-order valence-corrected chi connectivity index (χ2v) is 5.34. The normalized spacial score (nSPS) is 15.8. The van der Waals surface area contributed by atoms with E-state index in [-0.39, 0.29) is 5.91 Å². The topological polar surface area (TPSA) is 49.3 Å². The van der Waals surface area contributed by atoms with Gasteiger partial charge in [0.25, 0.3) is 5.91 Å². The van der Waals surface area contributed by atoms with Crippen LogP contribution < -0.4 is 0 Å². The Kier molecular flexibility index (Phi) is 4.44. The SMILES string of the molecule is CCN1CCN(C(=O)c2ccccc2-c2ncccn2)CC1. The van der Waals surface area contributed by atoms with Crippen molar-refractivity contribution >= 4 is 5.91 Å². The van der Waals surface area contributed by atoms with Gasteiger partial charge in [-0.3, -0.25) is 4.79 Å². The molecule has 1 aliphatic heterocycles. The fourth-order valence-corrected chi connectivity index (χ4v) is 2.74. The highest BCUT2D eigenvalue weighted by Gasteiger charge is 2.23. The standard InChI is InChI=1S/C17H20N4O/c1-2-20-10-12-21(13-11-20)17(22)15-7-4-3-6-14(15)16-18-8-5-9-19-16/h3-9H,2,10-13H2,1H3. The second kappa shape index (κ2) is 6.66. The molecule has 0 bridgehead atoms. The molecule has 3 rings (SSSR count). The Morgan fingerprint density at radius 3 is 2.41 bits per heavy atom. The van der Waals surface area contributed by atoms with Crippen LogP contribution in [-0.4, -0.2) is 58.4 Å². The van der Waals surface area contributed by atoms with E-state index in [0.29, 0.717) is 11.4 Å². The summed E-state index contributed by atoms with van der Waals surface area (Å²) in [7, 11) is 0. The molecule has 1 aromatic carbocycles. The molecule has 0 atom stereocenters. The van der Waals surface area contributed by atoms with Gasteiger partial charge in [0.15, 0.2) is 5.82 Å². The van der Waals surface area contributed by atoms with Gasteiger partial charge in [0, 0.05) is 44.1 Å². The minimum absolute atomic E-state index is 0.0683. The predicted molar refractivity (Wildman–Crippen MR) is 85.5 cm³/mol. The summed E-state index contributed by atoms with van der Waals surface area (Å²) in [5.41, 5.74) is 1.48. The monoisotopic (exact) mass is 296 g/mol. The van der Waals surface area contributed by atoms with Crippen molar-refractivity contribution in [2.75, 3.05) is 32.7 Å². The third kappa shape index (κ3) is 2.99. The maximum atomic E-state index is 12.8. The van der Waals surface area contributed by atoms with E-state index in [2.05, 4.69) is 21.8 Å². The second-order valence-electron chi connectivity index (χ2n) is 5.34. The van der Waals surface area contributed by atoms with Crippen LogP contribution >= 0.6 is 0 Å². The number of aromatic nitrogens is 2. The van der Waals surface area contributed by atoms with E-state index >= 15 is 0 Å². The van der Waals surface area contributed by atoms with E-state index in [1.165, 1.54) is 0 Å². The number of rotatable bonds is 3. The van der Waals surface area contributed by atoms with Crippen LogP contribution in [0.25, 0.3) is 11.4 Å². The first kappa shape index (κ1) is 14.7. The van der Waals surface area contributed by atoms with E-state index in [1.54, 1.807) is 18.5 Å². The molecule has 1 aliphatic rings. The molecule has 0 aliphatic carbocycles. The maximum absolute atomic E-state index is 12.8. The third-order valence-electron chi connectivity index (χ3n) is 4.07. The van der Waals surface area contributed by atoms with Gasteiger partial charge in [0.05, 0.1) is 5.56 Å². The van der Waals surface area contributed by atoms with Crippen molar-refractivity contribution < 1.29 is 4.79 Å². The predicted octanol–water partition coefficient (Wildman–Crippen LogP) is 1.92. The fourth-order valence-electron chi connectivity index (χ4n) is 2.74. The van der Waals surface area contributed by atoms with Gasteiger partial charge in [0.1, 0.15) is 0 Å². The molecular weight excluding hydrogens is 276 g/mol. The van der Waals surface area contributed by atoms with Crippen molar-refractivity contribution in [1.29, 1.82) is 0 Å². The molecule has 2 heterocycles. The van der Waals surface area contributed by atoms with Crippen molar-refractivity contribution in [3.8, 4) is 11.4 Å². The Bertz CT molecular complexity index is 636. The number of piperazine rings is 1. The Labute approximate surface area is 130 Å². The molecule has 0 N–H and O–H groups in total. The van der Waals surface area contributed by atoms with Gasteiger partial charge in [-0.15, -0.1) is 0 Å². The zero-order valence-electron chi connectivity index (χ0n) is 12.8. The average Bonchev–Trinajstić information content (AvgIpc) is 2.62. The van der Waals surface area contributed by atoms with Gasteiger partial charge in [0.2, 0.25) is 0 Å². The zero-order valence-corrected chi connectivity index (χ0v) is 12.8. The van der Waals surface area contributed by atoms with Crippen LogP contribution in [-0.2, 0) is 0 Å². The summed E-state index contributed by atoms with van der Waals surface area (Å²) in [6, 6.07) is 9.35. The lowest BCUT2D eigenvalue weighted by Crippen LogP contribution is -2.48. The zero-order chi connectivity index (χ0) is 15.4. The fraction of sp³-hybridized carbons (Fsp3) is 0.353. The van der Waals surface area contributed by atoms with Crippen LogP contribution in [0.15, 0.2) is 42.7 Å². The lowest BCUT2D eigenvalue weighted by Gasteiger charge is -2.34. The first-order valence-corrected chi connectivity index (χ1v) is 7.67. The van der Waals surface area contributed by atoms with Crippen molar-refractivity contribution in [2.24, 2.45) is 0 Å². The number of amides is 1. The van der Waals surface area contributed by atoms with E-state index in [1.807, 2.05) is 29.2 Å². The summed E-state index contributed by atoms with van der Waals surface area (Å²) in [6.07, 6.45) is 3.40. The molecule has 22 heavy (non-hydrogen) atoms. The molecule has 5 nitrogen and oxygen atoms in total. The van der Waals surface area contributed by atoms with Gasteiger partial charge in [-0.25, -0.2) is 9.97 Å². The van der Waals surface area contributed by atoms with E-state index in [9.17, 15) is 4.79 Å². The van der Waals surface area contributed by atoms with Crippen molar-refractivity contribution in [1.82, 2.24) is 19.8 Å². The molecule has 0 unspecified atom stereocenters. The molecule has 1 amide bonds. The molecule has 1 fully saturated rings. The molecule has 114 valence electrons. The molecule has 1 aromatic heterocycles. The van der Waals surface area contributed by atoms with Gasteiger partial charge in [-0.05, 0) is 18.7 Å². The lowest BCUT2D eigenvalue weighted by atomic mass is 10.0. The number of benzene rings is 1. The Balaban J connectivity index is 1.85. The van der Waals surface area contributed by atoms with Crippen LogP contribution in [0, 0.1) is 0 Å². The van der Waals surface area contributed by atoms with Crippen molar-refractivity contribution in [3.63, 3.8) is 0 Å². The summed E-state index contributed by atoms with van der Waals surface area (Å²) in [5.74, 6) is 0.664. The van der Waals surface area contributed by atoms with Crippen LogP contribution in [0.4, 0.5) is 0 Å². The van der Waals surface area contributed by atoms with Gasteiger partial charge in [-0.2, -0.15) is 0 Å². The Hall–Kier alpha value is -2.27. The third-order valence-corrected chi connectivity index (χ3v) is 4.07. The summed E-state index contributed by atoms with van der Waals surface area (Å²) < 4.78 is 0. The van der Waals surface area contributed by atoms with Crippen LogP contribution in [0.5, 0.6) is 0 Å². The van der Waals surface area contributed by atoms with E-state index < -0.39 is 0 Å². The quantitative estimate of drug-likeness (QED) is 0.868. The lowest BCUT2D eigenvalue weighted by molar-refractivity contribution is 0.0644. The minimum Gasteiger partial charge on any atom is -0.336 e. The number of carbonyl (C=O) groups is 1. The van der Waals surface area contributed by atoms with Crippen molar-refractivity contribution in [2.45, 2.75) is 6.92 Å². The first-order valence-electron chi connectivity index (χ1n) is 7.67. The Morgan fingerprint density at radius 1 is 1.05 bits per heavy atom. The number of hydrogen-bond donors (Lipinski definition) is 0. The van der Waals surface area contributed by atoms with Gasteiger partial charge >= 0.3 is 0 Å². The highest BCUT2D eigenvalue weighted by molar-refractivity contribution is 6.00. The smallest absolute Gasteiger partial charge is 0.254 e. The maximum Gasteiger partial charge on any atom is 0.254 e. The minimum atomic E-state index is 0.0683. The molecule has 0 radical (unpaired) electrons. The molecule has 1 saturated heterocycles. The van der Waals surface area contributed by atoms with Crippen molar-refractivity contribution in [3.05, 3.63) is 48.3 Å². The molecule has 0 spiro atoms. The number of carbonyl (C=O) groups excluding carboxylic acids is 1. The number of nitrogens with zero attached hydrogens (tertiary/aromatic N) is 4. The molecule has 0 saturated carbocycles. The highest BCUT2D eigenvalue weighted by atomic mass is 16.2. The summed E-state index contributed by atoms with van der Waals surface area (Å²) in [4.78, 5) is 25.7. The van der Waals surface area contributed by atoms with Crippen LogP contribution in [0.1, 0.15) is 17.3 Å². The van der Waals surface area contributed by atoms with Crippen LogP contribution in [0.2, 0.25) is 0 Å². The van der Waals surface area contributed by atoms with Gasteiger partial charge < -0.3 is 9.80 Å². The first-order chi connectivity index (χ1) is 10.8. The summed E-state index contributed by atoms with van der Waals surface area (Å²) in [5, 5.41) is 0. The molecule has 2 aromatic rings. The largest absolute Gasteiger partial charge is 0.336 e.